The van der Waals surface area contributed by atoms with Crippen LogP contribution in [0, 0.1) is 0 Å². The number of halogens is 1. The summed E-state index contributed by atoms with van der Waals surface area (Å²) in [6.45, 7) is 6.01. The molecule has 0 fully saturated rings. The van der Waals surface area contributed by atoms with E-state index in [2.05, 4.69) is 22.4 Å². The summed E-state index contributed by atoms with van der Waals surface area (Å²) in [5, 5.41) is 4.09. The quantitative estimate of drug-likeness (QED) is 0.667. The molecule has 0 aliphatic carbocycles. The van der Waals surface area contributed by atoms with Crippen LogP contribution in [0.4, 0.5) is 17.1 Å². The molecule has 0 spiro atoms. The summed E-state index contributed by atoms with van der Waals surface area (Å²) >= 11 is 5.99. The lowest BCUT2D eigenvalue weighted by atomic mass is 10.1. The van der Waals surface area contributed by atoms with Crippen molar-refractivity contribution >= 4 is 34.4 Å². The normalized spacial score (nSPS) is 11.9. The number of rotatable bonds is 0. The Balaban J connectivity index is 0.000000637. The Hall–Kier alpha value is -1.80. The number of para-hydroxylation sites is 1. The number of hydrogen-bond donors (Lipinski definition) is 1. The van der Waals surface area contributed by atoms with Gasteiger partial charge in [0, 0.05) is 22.0 Å². The van der Waals surface area contributed by atoms with Gasteiger partial charge in [0.25, 0.3) is 0 Å². The maximum atomic E-state index is 5.99. The van der Waals surface area contributed by atoms with Crippen LogP contribution < -0.4 is 5.32 Å². The lowest BCUT2D eigenvalue weighted by Gasteiger charge is -2.08. The third-order valence-corrected chi connectivity index (χ3v) is 3.07. The van der Waals surface area contributed by atoms with Gasteiger partial charge in [-0.05, 0) is 31.2 Å². The molecule has 1 heterocycles. The Bertz CT molecular complexity index is 618. The topological polar surface area (TPSA) is 24.4 Å². The Morgan fingerprint density at radius 2 is 1.74 bits per heavy atom. The van der Waals surface area contributed by atoms with Crippen LogP contribution in [0.2, 0.25) is 5.02 Å². The molecule has 0 saturated heterocycles. The minimum absolute atomic E-state index is 0.702. The van der Waals surface area contributed by atoms with Crippen LogP contribution in [0.3, 0.4) is 0 Å². The van der Waals surface area contributed by atoms with Crippen molar-refractivity contribution in [1.29, 1.82) is 0 Å². The molecule has 1 aliphatic rings. The Morgan fingerprint density at radius 1 is 1.00 bits per heavy atom. The maximum absolute atomic E-state index is 5.99. The average molecular weight is 273 g/mol. The summed E-state index contributed by atoms with van der Waals surface area (Å²) in [4.78, 5) is 4.61. The molecule has 0 saturated carbocycles. The van der Waals surface area contributed by atoms with Crippen molar-refractivity contribution in [2.45, 2.75) is 20.8 Å². The molecular weight excluding hydrogens is 256 g/mol. The molecule has 2 nitrogen and oxygen atoms in total. The number of hydrogen-bond acceptors (Lipinski definition) is 2. The van der Waals surface area contributed by atoms with Gasteiger partial charge >= 0.3 is 0 Å². The number of fused-ring (bicyclic) bond motifs is 2. The highest BCUT2D eigenvalue weighted by atomic mass is 35.5. The summed E-state index contributed by atoms with van der Waals surface area (Å²) in [6, 6.07) is 13.8. The minimum atomic E-state index is 0.702. The Kier molecular flexibility index (Phi) is 4.23. The van der Waals surface area contributed by atoms with E-state index in [9.17, 15) is 0 Å². The second kappa shape index (κ2) is 5.89. The van der Waals surface area contributed by atoms with Gasteiger partial charge in [0.1, 0.15) is 0 Å². The van der Waals surface area contributed by atoms with Gasteiger partial charge in [0.05, 0.1) is 11.4 Å². The van der Waals surface area contributed by atoms with Gasteiger partial charge in [-0.25, -0.2) is 0 Å². The summed E-state index contributed by atoms with van der Waals surface area (Å²) in [5.74, 6) is 0. The number of benzene rings is 2. The molecule has 0 amide bonds. The third kappa shape index (κ3) is 2.79. The van der Waals surface area contributed by atoms with Crippen molar-refractivity contribution in [2.75, 3.05) is 5.32 Å². The highest BCUT2D eigenvalue weighted by Gasteiger charge is 2.12. The molecular formula is C16H17ClN2. The molecule has 2 aromatic carbocycles. The zero-order valence-corrected chi connectivity index (χ0v) is 12.1. The van der Waals surface area contributed by atoms with Crippen molar-refractivity contribution in [1.82, 2.24) is 0 Å². The van der Waals surface area contributed by atoms with Gasteiger partial charge in [0.15, 0.2) is 0 Å². The van der Waals surface area contributed by atoms with Gasteiger partial charge < -0.3 is 5.32 Å². The largest absolute Gasteiger partial charge is 0.353 e. The zero-order valence-electron chi connectivity index (χ0n) is 11.4. The Labute approximate surface area is 119 Å². The molecule has 3 rings (SSSR count). The van der Waals surface area contributed by atoms with E-state index in [4.69, 9.17) is 11.6 Å². The van der Waals surface area contributed by atoms with E-state index in [1.807, 2.05) is 51.1 Å². The van der Waals surface area contributed by atoms with E-state index in [1.165, 1.54) is 0 Å². The molecule has 1 N–H and O–H groups in total. The van der Waals surface area contributed by atoms with Crippen LogP contribution in [0.1, 0.15) is 26.3 Å². The SMILES string of the molecule is CC.CC1=Nc2cc(Cl)ccc2Nc2ccccc21. The molecule has 0 radical (unpaired) electrons. The zero-order chi connectivity index (χ0) is 13.8. The van der Waals surface area contributed by atoms with E-state index in [-0.39, 0.29) is 0 Å². The minimum Gasteiger partial charge on any atom is -0.353 e. The predicted molar refractivity (Wildman–Crippen MR) is 84.4 cm³/mol. The van der Waals surface area contributed by atoms with E-state index < -0.39 is 0 Å². The van der Waals surface area contributed by atoms with Gasteiger partial charge in [-0.2, -0.15) is 0 Å². The molecule has 0 bridgehead atoms. The molecule has 3 heteroatoms. The van der Waals surface area contributed by atoms with Crippen LogP contribution in [0.25, 0.3) is 0 Å². The molecule has 0 atom stereocenters. The molecule has 2 aromatic rings. The van der Waals surface area contributed by atoms with E-state index in [1.54, 1.807) is 0 Å². The van der Waals surface area contributed by atoms with Crippen molar-refractivity contribution < 1.29 is 0 Å². The first-order valence-electron chi connectivity index (χ1n) is 6.45. The smallest absolute Gasteiger partial charge is 0.0882 e. The maximum Gasteiger partial charge on any atom is 0.0882 e. The van der Waals surface area contributed by atoms with Gasteiger partial charge in [-0.1, -0.05) is 43.6 Å². The fourth-order valence-electron chi connectivity index (χ4n) is 2.00. The molecule has 1 aliphatic heterocycles. The highest BCUT2D eigenvalue weighted by molar-refractivity contribution is 6.31. The van der Waals surface area contributed by atoms with E-state index >= 15 is 0 Å². The van der Waals surface area contributed by atoms with Crippen LogP contribution in [0.15, 0.2) is 47.5 Å². The first-order valence-corrected chi connectivity index (χ1v) is 6.83. The van der Waals surface area contributed by atoms with Crippen molar-refractivity contribution in [3.8, 4) is 0 Å². The molecule has 98 valence electrons. The van der Waals surface area contributed by atoms with Crippen molar-refractivity contribution in [3.63, 3.8) is 0 Å². The lowest BCUT2D eigenvalue weighted by Crippen LogP contribution is -1.97. The second-order valence-electron chi connectivity index (χ2n) is 4.03. The van der Waals surface area contributed by atoms with E-state index in [0.29, 0.717) is 5.02 Å². The van der Waals surface area contributed by atoms with Crippen molar-refractivity contribution in [3.05, 3.63) is 53.1 Å². The fourth-order valence-corrected chi connectivity index (χ4v) is 2.16. The standard InChI is InChI=1S/C14H11ClN2.C2H6/c1-9-11-4-2-3-5-12(11)17-13-7-6-10(15)8-14(13)16-9;1-2/h2-8,17H,1H3;1-2H3. The summed E-state index contributed by atoms with van der Waals surface area (Å²) < 4.78 is 0. The Morgan fingerprint density at radius 3 is 2.53 bits per heavy atom. The van der Waals surface area contributed by atoms with Gasteiger partial charge in [-0.3, -0.25) is 4.99 Å². The average Bonchev–Trinajstić information content (AvgIpc) is 2.57. The summed E-state index contributed by atoms with van der Waals surface area (Å²) in [7, 11) is 0. The highest BCUT2D eigenvalue weighted by Crippen LogP contribution is 2.35. The van der Waals surface area contributed by atoms with Crippen LogP contribution in [0.5, 0.6) is 0 Å². The second-order valence-corrected chi connectivity index (χ2v) is 4.47. The first kappa shape index (κ1) is 13.6. The predicted octanol–water partition coefficient (Wildman–Crippen LogP) is 5.56. The third-order valence-electron chi connectivity index (χ3n) is 2.83. The monoisotopic (exact) mass is 272 g/mol. The lowest BCUT2D eigenvalue weighted by molar-refractivity contribution is 1.50. The fraction of sp³-hybridized carbons (Fsp3) is 0.188. The number of aliphatic imine (C=N–C) groups is 1. The van der Waals surface area contributed by atoms with Gasteiger partial charge in [0.2, 0.25) is 0 Å². The summed E-state index contributed by atoms with van der Waals surface area (Å²) in [5.41, 5.74) is 5.06. The number of nitrogens with zero attached hydrogens (tertiary/aromatic N) is 1. The van der Waals surface area contributed by atoms with Crippen LogP contribution in [-0.4, -0.2) is 5.71 Å². The van der Waals surface area contributed by atoms with E-state index in [0.717, 1.165) is 28.3 Å². The van der Waals surface area contributed by atoms with Crippen LogP contribution >= 0.6 is 11.6 Å². The van der Waals surface area contributed by atoms with Crippen LogP contribution in [-0.2, 0) is 0 Å². The molecule has 0 unspecified atom stereocenters. The van der Waals surface area contributed by atoms with Gasteiger partial charge in [-0.15, -0.1) is 0 Å². The first-order chi connectivity index (χ1) is 9.24. The van der Waals surface area contributed by atoms with Crippen molar-refractivity contribution in [2.24, 2.45) is 4.99 Å². The molecule has 0 aromatic heterocycles. The molecule has 19 heavy (non-hydrogen) atoms. The number of nitrogens with one attached hydrogen (secondary N) is 1. The summed E-state index contributed by atoms with van der Waals surface area (Å²) in [6.07, 6.45) is 0. The number of anilines is 2.